The van der Waals surface area contributed by atoms with Crippen molar-refractivity contribution in [2.75, 3.05) is 6.54 Å². The zero-order chi connectivity index (χ0) is 13.4. The molecule has 0 aliphatic carbocycles. The number of rotatable bonds is 2. The molecule has 4 atom stereocenters. The molecule has 2 heterocycles. The molecule has 3 N–H and O–H groups in total. The number of fused-ring (bicyclic) bond motifs is 1. The number of aliphatic carboxylic acids is 1. The van der Waals surface area contributed by atoms with Crippen LogP contribution in [0.3, 0.4) is 0 Å². The first kappa shape index (κ1) is 12.6. The van der Waals surface area contributed by atoms with Crippen molar-refractivity contribution >= 4 is 5.97 Å². The van der Waals surface area contributed by atoms with Crippen molar-refractivity contribution in [1.29, 1.82) is 0 Å². The average Bonchev–Trinajstić information content (AvgIpc) is 2.80. The van der Waals surface area contributed by atoms with Gasteiger partial charge in [0.2, 0.25) is 0 Å². The summed E-state index contributed by atoms with van der Waals surface area (Å²) in [5.41, 5.74) is 2.77. The Bertz CT molecular complexity index is 489. The minimum atomic E-state index is -0.730. The van der Waals surface area contributed by atoms with Crippen LogP contribution in [-0.4, -0.2) is 29.7 Å². The fraction of sp³-hybridized carbons (Fsp3) is 0.533. The maximum absolute atomic E-state index is 11.2. The molecule has 1 saturated heterocycles. The van der Waals surface area contributed by atoms with E-state index in [1.807, 2.05) is 6.92 Å². The van der Waals surface area contributed by atoms with Crippen molar-refractivity contribution in [2.45, 2.75) is 32.0 Å². The molecule has 4 heteroatoms. The Labute approximate surface area is 113 Å². The van der Waals surface area contributed by atoms with Crippen LogP contribution in [0.2, 0.25) is 0 Å². The summed E-state index contributed by atoms with van der Waals surface area (Å²) in [4.78, 5) is 11.2. The first-order chi connectivity index (χ1) is 9.16. The molecule has 19 heavy (non-hydrogen) atoms. The summed E-state index contributed by atoms with van der Waals surface area (Å²) in [5, 5.41) is 15.9. The van der Waals surface area contributed by atoms with Crippen molar-refractivity contribution in [3.05, 3.63) is 35.4 Å². The lowest BCUT2D eigenvalue weighted by atomic mass is 9.81. The lowest BCUT2D eigenvalue weighted by Gasteiger charge is -2.32. The smallest absolute Gasteiger partial charge is 0.320 e. The predicted octanol–water partition coefficient (Wildman–Crippen LogP) is 1.01. The quantitative estimate of drug-likeness (QED) is 0.742. The molecule has 0 amide bonds. The molecular formula is C15H20N2O2. The van der Waals surface area contributed by atoms with Crippen LogP contribution in [0.5, 0.6) is 0 Å². The third-order valence-corrected chi connectivity index (χ3v) is 4.67. The minimum absolute atomic E-state index is 0.167. The van der Waals surface area contributed by atoms with Crippen LogP contribution >= 0.6 is 0 Å². The van der Waals surface area contributed by atoms with Crippen molar-refractivity contribution in [3.63, 3.8) is 0 Å². The highest BCUT2D eigenvalue weighted by Crippen LogP contribution is 2.29. The van der Waals surface area contributed by atoms with Gasteiger partial charge >= 0.3 is 5.97 Å². The minimum Gasteiger partial charge on any atom is -0.480 e. The van der Waals surface area contributed by atoms with Gasteiger partial charge in [0.1, 0.15) is 6.04 Å². The molecule has 1 aromatic rings. The lowest BCUT2D eigenvalue weighted by Crippen LogP contribution is -2.44. The summed E-state index contributed by atoms with van der Waals surface area (Å²) in [5.74, 6) is -0.180. The first-order valence-electron chi connectivity index (χ1n) is 6.93. The molecule has 4 nitrogen and oxygen atoms in total. The van der Waals surface area contributed by atoms with Crippen molar-refractivity contribution in [3.8, 4) is 0 Å². The fourth-order valence-corrected chi connectivity index (χ4v) is 3.48. The molecule has 4 unspecified atom stereocenters. The van der Waals surface area contributed by atoms with Gasteiger partial charge in [0.25, 0.3) is 0 Å². The maximum atomic E-state index is 11.2. The van der Waals surface area contributed by atoms with E-state index in [2.05, 4.69) is 34.9 Å². The van der Waals surface area contributed by atoms with Gasteiger partial charge in [0.05, 0.1) is 0 Å². The number of carboxylic acids is 1. The van der Waals surface area contributed by atoms with E-state index in [0.29, 0.717) is 12.0 Å². The topological polar surface area (TPSA) is 61.4 Å². The number of carbonyl (C=O) groups is 1. The van der Waals surface area contributed by atoms with Crippen molar-refractivity contribution < 1.29 is 9.90 Å². The third kappa shape index (κ3) is 2.26. The van der Waals surface area contributed by atoms with Gasteiger partial charge in [-0.2, -0.15) is 0 Å². The molecule has 1 fully saturated rings. The Hall–Kier alpha value is -1.39. The summed E-state index contributed by atoms with van der Waals surface area (Å²) in [7, 11) is 0. The Morgan fingerprint density at radius 1 is 1.26 bits per heavy atom. The van der Waals surface area contributed by atoms with E-state index in [-0.39, 0.29) is 5.92 Å². The molecule has 0 radical (unpaired) electrons. The Morgan fingerprint density at radius 3 is 2.68 bits per heavy atom. The normalized spacial score (nSPS) is 33.9. The summed E-state index contributed by atoms with van der Waals surface area (Å²) in [6.07, 6.45) is 0.999. The highest BCUT2D eigenvalue weighted by molar-refractivity contribution is 5.74. The zero-order valence-electron chi connectivity index (χ0n) is 11.1. The Kier molecular flexibility index (Phi) is 3.29. The fourth-order valence-electron chi connectivity index (χ4n) is 3.48. The largest absolute Gasteiger partial charge is 0.480 e. The highest BCUT2D eigenvalue weighted by Gasteiger charge is 2.41. The van der Waals surface area contributed by atoms with Crippen LogP contribution in [0.1, 0.15) is 18.1 Å². The van der Waals surface area contributed by atoms with Gasteiger partial charge in [-0.15, -0.1) is 0 Å². The van der Waals surface area contributed by atoms with Gasteiger partial charge in [0, 0.05) is 19.1 Å². The zero-order valence-corrected chi connectivity index (χ0v) is 11.1. The van der Waals surface area contributed by atoms with E-state index < -0.39 is 12.0 Å². The number of carboxylic acid groups (broad SMARTS) is 1. The maximum Gasteiger partial charge on any atom is 0.320 e. The molecule has 0 bridgehead atoms. The van der Waals surface area contributed by atoms with Crippen LogP contribution in [0.4, 0.5) is 0 Å². The molecule has 0 aromatic heterocycles. The van der Waals surface area contributed by atoms with Gasteiger partial charge in [-0.1, -0.05) is 31.2 Å². The molecular weight excluding hydrogens is 240 g/mol. The van der Waals surface area contributed by atoms with E-state index in [1.54, 1.807) is 0 Å². The average molecular weight is 260 g/mol. The summed E-state index contributed by atoms with van der Waals surface area (Å²) >= 11 is 0. The monoisotopic (exact) mass is 260 g/mol. The lowest BCUT2D eigenvalue weighted by molar-refractivity contribution is -0.140. The number of benzene rings is 1. The molecule has 1 aromatic carbocycles. The second-order valence-electron chi connectivity index (χ2n) is 5.71. The molecule has 0 spiro atoms. The Morgan fingerprint density at radius 2 is 2.00 bits per heavy atom. The van der Waals surface area contributed by atoms with E-state index in [4.69, 9.17) is 0 Å². The highest BCUT2D eigenvalue weighted by atomic mass is 16.4. The second kappa shape index (κ2) is 4.94. The molecule has 0 saturated carbocycles. The van der Waals surface area contributed by atoms with Gasteiger partial charge in [-0.25, -0.2) is 0 Å². The number of nitrogens with one attached hydrogen (secondary N) is 2. The van der Waals surface area contributed by atoms with Gasteiger partial charge in [-0.3, -0.25) is 4.79 Å². The van der Waals surface area contributed by atoms with Crippen LogP contribution in [-0.2, 0) is 17.8 Å². The number of hydrogen-bond donors (Lipinski definition) is 3. The Balaban J connectivity index is 1.74. The van der Waals surface area contributed by atoms with Crippen LogP contribution < -0.4 is 10.6 Å². The molecule has 102 valence electrons. The van der Waals surface area contributed by atoms with Crippen molar-refractivity contribution in [1.82, 2.24) is 10.6 Å². The van der Waals surface area contributed by atoms with E-state index in [9.17, 15) is 9.90 Å². The SMILES string of the molecule is CC1C(C(=O)O)NCC1C1Cc2ccccc2CN1. The van der Waals surface area contributed by atoms with Crippen molar-refractivity contribution in [2.24, 2.45) is 11.8 Å². The van der Waals surface area contributed by atoms with Gasteiger partial charge < -0.3 is 15.7 Å². The third-order valence-electron chi connectivity index (χ3n) is 4.67. The molecule has 2 aliphatic heterocycles. The molecule has 2 aliphatic rings. The summed E-state index contributed by atoms with van der Waals surface area (Å²) in [6.45, 7) is 3.73. The van der Waals surface area contributed by atoms with E-state index in [1.165, 1.54) is 11.1 Å². The van der Waals surface area contributed by atoms with Crippen LogP contribution in [0, 0.1) is 11.8 Å². The summed E-state index contributed by atoms with van der Waals surface area (Å²) in [6, 6.07) is 8.48. The molecule has 3 rings (SSSR count). The number of hydrogen-bond acceptors (Lipinski definition) is 3. The standard InChI is InChI=1S/C15H20N2O2/c1-9-12(8-17-14(9)15(18)19)13-6-10-4-2-3-5-11(10)7-16-13/h2-5,9,12-14,16-17H,6-8H2,1H3,(H,18,19). The second-order valence-corrected chi connectivity index (χ2v) is 5.71. The van der Waals surface area contributed by atoms with E-state index >= 15 is 0 Å². The van der Waals surface area contributed by atoms with Gasteiger partial charge in [-0.05, 0) is 29.4 Å². The predicted molar refractivity (Wildman–Crippen MR) is 72.9 cm³/mol. The van der Waals surface area contributed by atoms with Gasteiger partial charge in [0.15, 0.2) is 0 Å². The van der Waals surface area contributed by atoms with E-state index in [0.717, 1.165) is 19.5 Å². The van der Waals surface area contributed by atoms with Crippen LogP contribution in [0.25, 0.3) is 0 Å². The van der Waals surface area contributed by atoms with Crippen LogP contribution in [0.15, 0.2) is 24.3 Å². The summed E-state index contributed by atoms with van der Waals surface area (Å²) < 4.78 is 0. The first-order valence-corrected chi connectivity index (χ1v) is 6.93.